The molecular weight excluding hydrogens is 366 g/mol. The first-order valence-electron chi connectivity index (χ1n) is 8.72. The Balaban J connectivity index is 1.73. The molecule has 0 N–H and O–H groups in total. The van der Waals surface area contributed by atoms with E-state index in [0.717, 1.165) is 5.56 Å². The number of hydrogen-bond donors (Lipinski definition) is 0. The SMILES string of the molecule is Cn1cc(C2CS(=O)(=O)CCN2Cc2nc3ccccc3c(=O)n2C)cn1. The Morgan fingerprint density at radius 3 is 2.74 bits per heavy atom. The predicted molar refractivity (Wildman–Crippen MR) is 102 cm³/mol. The minimum absolute atomic E-state index is 0.0419. The van der Waals surface area contributed by atoms with Crippen LogP contribution in [0.25, 0.3) is 10.9 Å². The van der Waals surface area contributed by atoms with Crippen LogP contribution < -0.4 is 5.56 Å². The Hall–Kier alpha value is -2.52. The number of nitrogens with zero attached hydrogens (tertiary/aromatic N) is 5. The molecule has 3 heterocycles. The van der Waals surface area contributed by atoms with Crippen molar-refractivity contribution in [2.24, 2.45) is 14.1 Å². The lowest BCUT2D eigenvalue weighted by atomic mass is 10.1. The second kappa shape index (κ2) is 6.58. The van der Waals surface area contributed by atoms with Gasteiger partial charge in [-0.3, -0.25) is 18.9 Å². The maximum Gasteiger partial charge on any atom is 0.261 e. The van der Waals surface area contributed by atoms with E-state index < -0.39 is 9.84 Å². The minimum atomic E-state index is -3.12. The maximum atomic E-state index is 12.6. The second-order valence-electron chi connectivity index (χ2n) is 6.96. The largest absolute Gasteiger partial charge is 0.298 e. The number of hydrogen-bond acceptors (Lipinski definition) is 6. The molecule has 1 saturated heterocycles. The summed E-state index contributed by atoms with van der Waals surface area (Å²) in [4.78, 5) is 19.4. The van der Waals surface area contributed by atoms with Crippen molar-refractivity contribution in [1.29, 1.82) is 0 Å². The van der Waals surface area contributed by atoms with Gasteiger partial charge in [0.1, 0.15) is 5.82 Å². The number of sulfone groups is 1. The van der Waals surface area contributed by atoms with Crippen molar-refractivity contribution in [2.45, 2.75) is 12.6 Å². The molecule has 0 aliphatic carbocycles. The van der Waals surface area contributed by atoms with Crippen molar-refractivity contribution < 1.29 is 8.42 Å². The summed E-state index contributed by atoms with van der Waals surface area (Å²) in [6, 6.07) is 6.95. The summed E-state index contributed by atoms with van der Waals surface area (Å²) < 4.78 is 27.6. The van der Waals surface area contributed by atoms with Gasteiger partial charge in [0.15, 0.2) is 9.84 Å². The lowest BCUT2D eigenvalue weighted by molar-refractivity contribution is 0.198. The zero-order chi connectivity index (χ0) is 19.2. The zero-order valence-electron chi connectivity index (χ0n) is 15.2. The third-order valence-corrected chi connectivity index (χ3v) is 6.70. The average Bonchev–Trinajstić information content (AvgIpc) is 3.07. The minimum Gasteiger partial charge on any atom is -0.298 e. The van der Waals surface area contributed by atoms with Gasteiger partial charge in [0.05, 0.1) is 41.2 Å². The van der Waals surface area contributed by atoms with E-state index >= 15 is 0 Å². The predicted octanol–water partition coefficient (Wildman–Crippen LogP) is 0.639. The lowest BCUT2D eigenvalue weighted by Crippen LogP contribution is -2.43. The normalized spacial score (nSPS) is 20.1. The molecule has 4 rings (SSSR count). The zero-order valence-corrected chi connectivity index (χ0v) is 16.1. The molecular formula is C18H21N5O3S. The van der Waals surface area contributed by atoms with E-state index in [9.17, 15) is 13.2 Å². The molecule has 142 valence electrons. The van der Waals surface area contributed by atoms with Crippen LogP contribution in [0.1, 0.15) is 17.4 Å². The molecule has 3 aromatic rings. The van der Waals surface area contributed by atoms with Crippen LogP contribution >= 0.6 is 0 Å². The molecule has 2 aromatic heterocycles. The molecule has 0 spiro atoms. The molecule has 0 bridgehead atoms. The summed E-state index contributed by atoms with van der Waals surface area (Å²) >= 11 is 0. The van der Waals surface area contributed by atoms with E-state index in [1.165, 1.54) is 0 Å². The maximum absolute atomic E-state index is 12.6. The molecule has 1 atom stereocenters. The summed E-state index contributed by atoms with van der Waals surface area (Å²) in [5.41, 5.74) is 1.41. The fraction of sp³-hybridized carbons (Fsp3) is 0.389. The van der Waals surface area contributed by atoms with Gasteiger partial charge in [0.25, 0.3) is 5.56 Å². The van der Waals surface area contributed by atoms with E-state index in [0.29, 0.717) is 29.8 Å². The summed E-state index contributed by atoms with van der Waals surface area (Å²) in [5.74, 6) is 0.762. The van der Waals surface area contributed by atoms with E-state index in [1.54, 1.807) is 35.6 Å². The standard InChI is InChI=1S/C18H21N5O3S/c1-21-10-13(9-19-21)16-12-27(25,26)8-7-23(16)11-17-20-15-6-4-3-5-14(15)18(24)22(17)2/h3-6,9-10,16H,7-8,11-12H2,1-2H3. The van der Waals surface area contributed by atoms with Gasteiger partial charge in [-0.1, -0.05) is 12.1 Å². The number of aromatic nitrogens is 4. The Bertz CT molecular complexity index is 1170. The first-order valence-corrected chi connectivity index (χ1v) is 10.5. The van der Waals surface area contributed by atoms with Gasteiger partial charge in [0, 0.05) is 32.4 Å². The van der Waals surface area contributed by atoms with Crippen LogP contribution in [0.3, 0.4) is 0 Å². The molecule has 0 radical (unpaired) electrons. The van der Waals surface area contributed by atoms with Crippen LogP contribution in [0.4, 0.5) is 0 Å². The van der Waals surface area contributed by atoms with Crippen molar-refractivity contribution in [3.63, 3.8) is 0 Å². The molecule has 8 nitrogen and oxygen atoms in total. The first kappa shape index (κ1) is 17.9. The van der Waals surface area contributed by atoms with Crippen LogP contribution in [0.5, 0.6) is 0 Å². The number of fused-ring (bicyclic) bond motifs is 1. The third-order valence-electron chi connectivity index (χ3n) is 5.07. The van der Waals surface area contributed by atoms with Gasteiger partial charge in [0.2, 0.25) is 0 Å². The molecule has 1 aliphatic rings. The molecule has 1 aromatic carbocycles. The van der Waals surface area contributed by atoms with E-state index in [1.807, 2.05) is 24.4 Å². The Morgan fingerprint density at radius 1 is 1.22 bits per heavy atom. The smallest absolute Gasteiger partial charge is 0.261 e. The van der Waals surface area contributed by atoms with E-state index in [-0.39, 0.29) is 23.1 Å². The van der Waals surface area contributed by atoms with Crippen molar-refractivity contribution in [2.75, 3.05) is 18.1 Å². The monoisotopic (exact) mass is 387 g/mol. The molecule has 27 heavy (non-hydrogen) atoms. The Labute approximate surface area is 157 Å². The van der Waals surface area contributed by atoms with Crippen molar-refractivity contribution in [3.8, 4) is 0 Å². The van der Waals surface area contributed by atoms with Gasteiger partial charge in [-0.2, -0.15) is 5.10 Å². The van der Waals surface area contributed by atoms with Crippen LogP contribution in [-0.4, -0.2) is 50.7 Å². The molecule has 0 amide bonds. The van der Waals surface area contributed by atoms with Crippen LogP contribution in [-0.2, 0) is 30.5 Å². The summed E-state index contributed by atoms with van der Waals surface area (Å²) in [6.07, 6.45) is 3.54. The van der Waals surface area contributed by atoms with E-state index in [4.69, 9.17) is 0 Å². The van der Waals surface area contributed by atoms with Crippen LogP contribution in [0.2, 0.25) is 0 Å². The first-order chi connectivity index (χ1) is 12.8. The number of benzene rings is 1. The van der Waals surface area contributed by atoms with Crippen molar-refractivity contribution in [3.05, 3.63) is 58.4 Å². The molecule has 1 aliphatic heterocycles. The highest BCUT2D eigenvalue weighted by molar-refractivity contribution is 7.91. The van der Waals surface area contributed by atoms with Gasteiger partial charge in [-0.25, -0.2) is 13.4 Å². The van der Waals surface area contributed by atoms with Crippen molar-refractivity contribution in [1.82, 2.24) is 24.2 Å². The molecule has 1 fully saturated rings. The highest BCUT2D eigenvalue weighted by Gasteiger charge is 2.33. The van der Waals surface area contributed by atoms with Gasteiger partial charge in [-0.15, -0.1) is 0 Å². The van der Waals surface area contributed by atoms with Crippen molar-refractivity contribution >= 4 is 20.7 Å². The molecule has 0 saturated carbocycles. The Morgan fingerprint density at radius 2 is 2.00 bits per heavy atom. The Kier molecular flexibility index (Phi) is 4.35. The summed E-state index contributed by atoms with van der Waals surface area (Å²) in [5, 5.41) is 4.76. The van der Waals surface area contributed by atoms with Crippen LogP contribution in [0.15, 0.2) is 41.5 Å². The second-order valence-corrected chi connectivity index (χ2v) is 9.19. The quantitative estimate of drug-likeness (QED) is 0.655. The van der Waals surface area contributed by atoms with Gasteiger partial charge in [-0.05, 0) is 12.1 Å². The van der Waals surface area contributed by atoms with Gasteiger partial charge < -0.3 is 0 Å². The number of aryl methyl sites for hydroxylation is 1. The fourth-order valence-electron chi connectivity index (χ4n) is 3.54. The van der Waals surface area contributed by atoms with E-state index in [2.05, 4.69) is 15.0 Å². The fourth-order valence-corrected chi connectivity index (χ4v) is 5.10. The number of para-hydroxylation sites is 1. The summed E-state index contributed by atoms with van der Waals surface area (Å²) in [6.45, 7) is 0.788. The lowest BCUT2D eigenvalue weighted by Gasteiger charge is -2.34. The highest BCUT2D eigenvalue weighted by Crippen LogP contribution is 2.27. The summed E-state index contributed by atoms with van der Waals surface area (Å²) in [7, 11) is 0.394. The van der Waals surface area contributed by atoms with Crippen LogP contribution in [0, 0.1) is 0 Å². The van der Waals surface area contributed by atoms with Gasteiger partial charge >= 0.3 is 0 Å². The number of rotatable bonds is 3. The highest BCUT2D eigenvalue weighted by atomic mass is 32.2. The molecule has 1 unspecified atom stereocenters. The average molecular weight is 387 g/mol. The topological polar surface area (TPSA) is 90.1 Å². The third kappa shape index (κ3) is 3.40. The molecule has 9 heteroatoms.